The molecule has 1 amide bonds. The minimum Gasteiger partial charge on any atom is -0.345 e. The zero-order valence-corrected chi connectivity index (χ0v) is 12.3. The Morgan fingerprint density at radius 3 is 2.79 bits per heavy atom. The lowest BCUT2D eigenvalue weighted by Gasteiger charge is -2.38. The highest BCUT2D eigenvalue weighted by Crippen LogP contribution is 2.33. The van der Waals surface area contributed by atoms with Crippen molar-refractivity contribution in [1.82, 2.24) is 10.3 Å². The summed E-state index contributed by atoms with van der Waals surface area (Å²) in [6, 6.07) is 3.60. The van der Waals surface area contributed by atoms with Gasteiger partial charge in [-0.1, -0.05) is 6.92 Å². The van der Waals surface area contributed by atoms with E-state index in [-0.39, 0.29) is 11.4 Å². The first-order valence-corrected chi connectivity index (χ1v) is 7.40. The molecule has 0 unspecified atom stereocenters. The van der Waals surface area contributed by atoms with Gasteiger partial charge >= 0.3 is 0 Å². The summed E-state index contributed by atoms with van der Waals surface area (Å²) in [7, 11) is 0. The number of carbonyl (C=O) groups excluding carboxylic acids is 1. The molecule has 19 heavy (non-hydrogen) atoms. The second kappa shape index (κ2) is 5.91. The number of alkyl halides is 1. The summed E-state index contributed by atoms with van der Waals surface area (Å²) >= 11 is 6.13. The molecule has 1 saturated carbocycles. The minimum atomic E-state index is -0.243. The van der Waals surface area contributed by atoms with Crippen LogP contribution in [-0.4, -0.2) is 22.3 Å². The first kappa shape index (κ1) is 14.3. The van der Waals surface area contributed by atoms with Crippen molar-refractivity contribution in [3.8, 4) is 0 Å². The number of amides is 1. The number of aryl methyl sites for hydroxylation is 1. The van der Waals surface area contributed by atoms with Crippen LogP contribution in [0.15, 0.2) is 18.3 Å². The van der Waals surface area contributed by atoms with E-state index in [9.17, 15) is 4.79 Å². The first-order valence-electron chi connectivity index (χ1n) is 6.86. The molecule has 1 fully saturated rings. The summed E-state index contributed by atoms with van der Waals surface area (Å²) in [6.45, 7) is 4.11. The van der Waals surface area contributed by atoms with Crippen LogP contribution in [0.3, 0.4) is 0 Å². The number of pyridine rings is 1. The highest BCUT2D eigenvalue weighted by molar-refractivity contribution is 6.19. The summed E-state index contributed by atoms with van der Waals surface area (Å²) < 4.78 is 0. The molecule has 4 heteroatoms. The van der Waals surface area contributed by atoms with Crippen LogP contribution in [0.4, 0.5) is 0 Å². The summed E-state index contributed by atoms with van der Waals surface area (Å²) in [5.41, 5.74) is 1.16. The van der Waals surface area contributed by atoms with Gasteiger partial charge < -0.3 is 5.32 Å². The Morgan fingerprint density at radius 1 is 1.53 bits per heavy atom. The van der Waals surface area contributed by atoms with Gasteiger partial charge in [0, 0.05) is 17.8 Å². The summed E-state index contributed by atoms with van der Waals surface area (Å²) in [5.74, 6) is 1.15. The van der Waals surface area contributed by atoms with E-state index in [1.807, 2.05) is 13.0 Å². The van der Waals surface area contributed by atoms with E-state index in [0.29, 0.717) is 11.4 Å². The van der Waals surface area contributed by atoms with Gasteiger partial charge in [-0.3, -0.25) is 9.78 Å². The highest BCUT2D eigenvalue weighted by Gasteiger charge is 2.35. The highest BCUT2D eigenvalue weighted by atomic mass is 35.5. The van der Waals surface area contributed by atoms with E-state index >= 15 is 0 Å². The lowest BCUT2D eigenvalue weighted by molar-refractivity contribution is 0.0871. The molecule has 0 saturated heterocycles. The van der Waals surface area contributed by atoms with Gasteiger partial charge in [0.25, 0.3) is 5.91 Å². The van der Waals surface area contributed by atoms with Crippen molar-refractivity contribution in [3.63, 3.8) is 0 Å². The maximum absolute atomic E-state index is 12.4. The van der Waals surface area contributed by atoms with E-state index < -0.39 is 0 Å². The van der Waals surface area contributed by atoms with Gasteiger partial charge in [-0.15, -0.1) is 11.6 Å². The zero-order valence-electron chi connectivity index (χ0n) is 11.6. The number of carbonyl (C=O) groups is 1. The Bertz CT molecular complexity index is 453. The van der Waals surface area contributed by atoms with Crippen molar-refractivity contribution in [1.29, 1.82) is 0 Å². The molecule has 1 N–H and O–H groups in total. The maximum atomic E-state index is 12.4. The predicted octanol–water partition coefficient (Wildman–Crippen LogP) is 3.31. The molecule has 0 bridgehead atoms. The summed E-state index contributed by atoms with van der Waals surface area (Å²) in [6.07, 6.45) is 5.87. The molecule has 0 atom stereocenters. The standard InChI is InChI=1S/C15H21ClN2O/c1-11-5-7-15(10-16,8-6-11)18-14(19)13-4-3-9-17-12(13)2/h3-4,9,11H,5-8,10H2,1-2H3,(H,18,19). The molecular formula is C15H21ClN2O. The Hall–Kier alpha value is -1.09. The molecule has 1 aromatic rings. The third-order valence-electron chi connectivity index (χ3n) is 4.12. The van der Waals surface area contributed by atoms with Crippen LogP contribution in [0, 0.1) is 12.8 Å². The van der Waals surface area contributed by atoms with Crippen molar-refractivity contribution in [3.05, 3.63) is 29.6 Å². The Kier molecular flexibility index (Phi) is 4.46. The van der Waals surface area contributed by atoms with Crippen molar-refractivity contribution < 1.29 is 4.79 Å². The van der Waals surface area contributed by atoms with E-state index in [1.165, 1.54) is 0 Å². The fraction of sp³-hybridized carbons (Fsp3) is 0.600. The van der Waals surface area contributed by atoms with E-state index in [4.69, 9.17) is 11.6 Å². The number of hydrogen-bond acceptors (Lipinski definition) is 2. The normalized spacial score (nSPS) is 27.0. The summed E-state index contributed by atoms with van der Waals surface area (Å²) in [5, 5.41) is 3.15. The molecule has 104 valence electrons. The van der Waals surface area contributed by atoms with Crippen LogP contribution in [0.5, 0.6) is 0 Å². The number of rotatable bonds is 3. The molecule has 1 aliphatic rings. The van der Waals surface area contributed by atoms with Crippen molar-refractivity contribution in [2.75, 3.05) is 5.88 Å². The van der Waals surface area contributed by atoms with Gasteiger partial charge in [0.1, 0.15) is 0 Å². The van der Waals surface area contributed by atoms with Crippen molar-refractivity contribution in [2.45, 2.75) is 45.1 Å². The van der Waals surface area contributed by atoms with Gasteiger partial charge in [0.05, 0.1) is 11.1 Å². The molecule has 0 aromatic carbocycles. The topological polar surface area (TPSA) is 42.0 Å². The van der Waals surface area contributed by atoms with Gasteiger partial charge in [0.15, 0.2) is 0 Å². The van der Waals surface area contributed by atoms with Crippen LogP contribution in [0.25, 0.3) is 0 Å². The Morgan fingerprint density at radius 2 is 2.21 bits per heavy atom. The fourth-order valence-electron chi connectivity index (χ4n) is 2.64. The Balaban J connectivity index is 2.11. The number of nitrogens with one attached hydrogen (secondary N) is 1. The fourth-order valence-corrected chi connectivity index (χ4v) is 2.97. The molecule has 1 aromatic heterocycles. The van der Waals surface area contributed by atoms with Crippen LogP contribution in [-0.2, 0) is 0 Å². The largest absolute Gasteiger partial charge is 0.345 e. The van der Waals surface area contributed by atoms with Gasteiger partial charge in [0.2, 0.25) is 0 Å². The average Bonchev–Trinajstić information content (AvgIpc) is 2.42. The molecule has 1 aliphatic carbocycles. The molecule has 1 heterocycles. The second-order valence-electron chi connectivity index (χ2n) is 5.69. The quantitative estimate of drug-likeness (QED) is 0.863. The van der Waals surface area contributed by atoms with Gasteiger partial charge in [-0.05, 0) is 50.7 Å². The van der Waals surface area contributed by atoms with Crippen LogP contribution in [0.2, 0.25) is 0 Å². The molecule has 0 aliphatic heterocycles. The number of nitrogens with zero attached hydrogens (tertiary/aromatic N) is 1. The second-order valence-corrected chi connectivity index (χ2v) is 5.95. The molecular weight excluding hydrogens is 260 g/mol. The maximum Gasteiger partial charge on any atom is 0.253 e. The monoisotopic (exact) mass is 280 g/mol. The molecule has 0 radical (unpaired) electrons. The van der Waals surface area contributed by atoms with Crippen molar-refractivity contribution in [2.24, 2.45) is 5.92 Å². The van der Waals surface area contributed by atoms with Crippen LogP contribution < -0.4 is 5.32 Å². The predicted molar refractivity (Wildman–Crippen MR) is 77.5 cm³/mol. The van der Waals surface area contributed by atoms with Crippen molar-refractivity contribution >= 4 is 17.5 Å². The smallest absolute Gasteiger partial charge is 0.253 e. The minimum absolute atomic E-state index is 0.0548. The number of aromatic nitrogens is 1. The molecule has 0 spiro atoms. The van der Waals surface area contributed by atoms with E-state index in [0.717, 1.165) is 37.3 Å². The number of halogens is 1. The lowest BCUT2D eigenvalue weighted by atomic mass is 9.78. The van der Waals surface area contributed by atoms with Crippen LogP contribution >= 0.6 is 11.6 Å². The molecule has 3 nitrogen and oxygen atoms in total. The van der Waals surface area contributed by atoms with Gasteiger partial charge in [-0.2, -0.15) is 0 Å². The van der Waals surface area contributed by atoms with Gasteiger partial charge in [-0.25, -0.2) is 0 Å². The number of hydrogen-bond donors (Lipinski definition) is 1. The third kappa shape index (κ3) is 3.27. The summed E-state index contributed by atoms with van der Waals surface area (Å²) in [4.78, 5) is 16.5. The Labute approximate surface area is 119 Å². The SMILES string of the molecule is Cc1ncccc1C(=O)NC1(CCl)CCC(C)CC1. The zero-order chi connectivity index (χ0) is 13.9. The lowest BCUT2D eigenvalue weighted by Crippen LogP contribution is -2.52. The molecule has 2 rings (SSSR count). The van der Waals surface area contributed by atoms with E-state index in [1.54, 1.807) is 12.3 Å². The van der Waals surface area contributed by atoms with Crippen LogP contribution in [0.1, 0.15) is 48.7 Å². The van der Waals surface area contributed by atoms with E-state index in [2.05, 4.69) is 17.2 Å². The first-order chi connectivity index (χ1) is 9.06. The third-order valence-corrected chi connectivity index (χ3v) is 4.63. The average molecular weight is 281 g/mol.